The number of carbonyl (C=O) groups is 2. The van der Waals surface area contributed by atoms with Crippen LogP contribution >= 0.6 is 11.6 Å². The zero-order valence-electron chi connectivity index (χ0n) is 15.7. The van der Waals surface area contributed by atoms with Crippen LogP contribution in [-0.4, -0.2) is 35.9 Å². The first-order valence-electron chi connectivity index (χ1n) is 8.40. The predicted octanol–water partition coefficient (Wildman–Crippen LogP) is 4.78. The van der Waals surface area contributed by atoms with Crippen LogP contribution in [-0.2, 0) is 15.7 Å². The van der Waals surface area contributed by atoms with Crippen LogP contribution in [0.25, 0.3) is 16.9 Å². The van der Waals surface area contributed by atoms with Crippen LogP contribution in [0, 0.1) is 0 Å². The van der Waals surface area contributed by atoms with Gasteiger partial charge in [-0.2, -0.15) is 18.3 Å². The van der Waals surface area contributed by atoms with Crippen molar-refractivity contribution < 1.29 is 32.2 Å². The molecule has 0 aliphatic carbocycles. The number of esters is 2. The minimum absolute atomic E-state index is 0.116. The molecule has 30 heavy (non-hydrogen) atoms. The van der Waals surface area contributed by atoms with E-state index in [9.17, 15) is 22.8 Å². The van der Waals surface area contributed by atoms with Gasteiger partial charge in [0.2, 0.25) is 0 Å². The van der Waals surface area contributed by atoms with Crippen molar-refractivity contribution in [3.63, 3.8) is 0 Å². The van der Waals surface area contributed by atoms with E-state index in [-0.39, 0.29) is 27.5 Å². The molecule has 0 saturated heterocycles. The maximum Gasteiger partial charge on any atom is 0.416 e. The summed E-state index contributed by atoms with van der Waals surface area (Å²) in [7, 11) is 2.18. The number of benzene rings is 2. The number of aromatic nitrogens is 2. The van der Waals surface area contributed by atoms with E-state index in [4.69, 9.17) is 21.1 Å². The van der Waals surface area contributed by atoms with E-state index in [2.05, 4.69) is 5.10 Å². The van der Waals surface area contributed by atoms with Gasteiger partial charge in [0, 0.05) is 10.6 Å². The van der Waals surface area contributed by atoms with Gasteiger partial charge in [-0.3, -0.25) is 0 Å². The molecule has 1 aromatic heterocycles. The van der Waals surface area contributed by atoms with Crippen LogP contribution in [0.3, 0.4) is 0 Å². The van der Waals surface area contributed by atoms with Crippen molar-refractivity contribution in [2.45, 2.75) is 6.18 Å². The zero-order valence-corrected chi connectivity index (χ0v) is 16.4. The van der Waals surface area contributed by atoms with Gasteiger partial charge in [-0.15, -0.1) is 0 Å². The van der Waals surface area contributed by atoms with Crippen molar-refractivity contribution in [1.29, 1.82) is 0 Å². The summed E-state index contributed by atoms with van der Waals surface area (Å²) in [6.45, 7) is 0. The summed E-state index contributed by atoms with van der Waals surface area (Å²) < 4.78 is 50.5. The largest absolute Gasteiger partial charge is 0.465 e. The predicted molar refractivity (Wildman–Crippen MR) is 102 cm³/mol. The van der Waals surface area contributed by atoms with Gasteiger partial charge in [0.1, 0.15) is 11.3 Å². The van der Waals surface area contributed by atoms with Crippen molar-refractivity contribution in [1.82, 2.24) is 9.78 Å². The smallest absolute Gasteiger partial charge is 0.416 e. The molecule has 0 bridgehead atoms. The van der Waals surface area contributed by atoms with Crippen LogP contribution < -0.4 is 0 Å². The molecule has 3 rings (SSSR count). The number of rotatable bonds is 4. The van der Waals surface area contributed by atoms with Crippen LogP contribution in [0.1, 0.15) is 26.4 Å². The third-order valence-electron chi connectivity index (χ3n) is 4.15. The van der Waals surface area contributed by atoms with Gasteiger partial charge >= 0.3 is 18.1 Å². The molecular weight excluding hydrogens is 425 g/mol. The zero-order chi connectivity index (χ0) is 22.1. The summed E-state index contributed by atoms with van der Waals surface area (Å²) in [6, 6.07) is 11.0. The van der Waals surface area contributed by atoms with Crippen molar-refractivity contribution >= 4 is 23.5 Å². The number of halogens is 4. The Morgan fingerprint density at radius 1 is 1.00 bits per heavy atom. The Kier molecular flexibility index (Phi) is 5.84. The topological polar surface area (TPSA) is 70.4 Å². The van der Waals surface area contributed by atoms with Crippen molar-refractivity contribution in [3.05, 3.63) is 70.4 Å². The highest BCUT2D eigenvalue weighted by Crippen LogP contribution is 2.36. The number of alkyl halides is 3. The van der Waals surface area contributed by atoms with E-state index < -0.39 is 23.7 Å². The average Bonchev–Trinajstić information content (AvgIpc) is 3.13. The molecule has 0 aliphatic rings. The lowest BCUT2D eigenvalue weighted by Crippen LogP contribution is -2.15. The van der Waals surface area contributed by atoms with Crippen LogP contribution in [0.15, 0.2) is 48.5 Å². The van der Waals surface area contributed by atoms with E-state index >= 15 is 0 Å². The number of hydrogen-bond donors (Lipinski definition) is 0. The highest BCUT2D eigenvalue weighted by atomic mass is 35.5. The first-order chi connectivity index (χ1) is 14.2. The molecule has 0 saturated carbocycles. The second-order valence-corrected chi connectivity index (χ2v) is 6.47. The fourth-order valence-electron chi connectivity index (χ4n) is 2.85. The van der Waals surface area contributed by atoms with Crippen molar-refractivity contribution in [3.8, 4) is 16.9 Å². The molecule has 10 heteroatoms. The summed E-state index contributed by atoms with van der Waals surface area (Å²) in [6.07, 6.45) is -4.68. The van der Waals surface area contributed by atoms with E-state index in [1.165, 1.54) is 6.07 Å². The minimum atomic E-state index is -4.68. The maximum atomic E-state index is 13.3. The highest BCUT2D eigenvalue weighted by molar-refractivity contribution is 6.31. The van der Waals surface area contributed by atoms with E-state index in [0.29, 0.717) is 5.69 Å². The molecule has 2 aromatic carbocycles. The molecule has 0 fully saturated rings. The Bertz CT molecular complexity index is 1110. The molecule has 6 nitrogen and oxygen atoms in total. The Morgan fingerprint density at radius 2 is 1.63 bits per heavy atom. The molecular formula is C20H14ClF3N2O4. The van der Waals surface area contributed by atoms with Crippen LogP contribution in [0.2, 0.25) is 5.02 Å². The third-order valence-corrected chi connectivity index (χ3v) is 4.37. The first-order valence-corrected chi connectivity index (χ1v) is 8.78. The number of carbonyl (C=O) groups excluding carboxylic acids is 2. The number of hydrogen-bond acceptors (Lipinski definition) is 5. The Hall–Kier alpha value is -3.33. The number of para-hydroxylation sites is 1. The lowest BCUT2D eigenvalue weighted by atomic mass is 10.0. The molecule has 0 amide bonds. The Balaban J connectivity index is 2.38. The third kappa shape index (κ3) is 4.02. The summed E-state index contributed by atoms with van der Waals surface area (Å²) in [4.78, 5) is 25.0. The van der Waals surface area contributed by atoms with Crippen LogP contribution in [0.5, 0.6) is 0 Å². The minimum Gasteiger partial charge on any atom is -0.465 e. The lowest BCUT2D eigenvalue weighted by Gasteiger charge is -2.09. The van der Waals surface area contributed by atoms with Gasteiger partial charge in [-0.25, -0.2) is 14.3 Å². The standard InChI is InChI=1S/C20H14ClF3N2O4/c1-29-18(27)15-16(11-8-12(20(22,23)24)10-13(21)9-11)25-26(17(15)19(28)30-2)14-6-4-3-5-7-14/h3-10H,1-2H3. The number of methoxy groups -OCH3 is 2. The molecule has 0 N–H and O–H groups in total. The second kappa shape index (κ2) is 8.19. The van der Waals surface area contributed by atoms with Crippen LogP contribution in [0.4, 0.5) is 13.2 Å². The van der Waals surface area contributed by atoms with Gasteiger partial charge < -0.3 is 9.47 Å². The fraction of sp³-hybridized carbons (Fsp3) is 0.150. The maximum absolute atomic E-state index is 13.3. The first kappa shape index (κ1) is 21.4. The molecule has 0 unspecified atom stereocenters. The number of nitrogens with zero attached hydrogens (tertiary/aromatic N) is 2. The van der Waals surface area contributed by atoms with Gasteiger partial charge in [0.05, 0.1) is 25.5 Å². The van der Waals surface area contributed by atoms with E-state index in [1.54, 1.807) is 30.3 Å². The number of ether oxygens (including phenoxy) is 2. The van der Waals surface area contributed by atoms with E-state index in [1.807, 2.05) is 0 Å². The van der Waals surface area contributed by atoms with Gasteiger partial charge in [0.15, 0.2) is 5.69 Å². The summed E-state index contributed by atoms with van der Waals surface area (Å²) >= 11 is 5.88. The molecule has 0 atom stereocenters. The Morgan fingerprint density at radius 3 is 2.20 bits per heavy atom. The van der Waals surface area contributed by atoms with Crippen molar-refractivity contribution in [2.75, 3.05) is 14.2 Å². The van der Waals surface area contributed by atoms with Crippen molar-refractivity contribution in [2.24, 2.45) is 0 Å². The molecule has 156 valence electrons. The SMILES string of the molecule is COC(=O)c1c(-c2cc(Cl)cc(C(F)(F)F)c2)nn(-c2ccccc2)c1C(=O)OC. The molecule has 0 aliphatic heterocycles. The molecule has 0 radical (unpaired) electrons. The average molecular weight is 439 g/mol. The fourth-order valence-corrected chi connectivity index (χ4v) is 3.08. The van der Waals surface area contributed by atoms with E-state index in [0.717, 1.165) is 31.0 Å². The highest BCUT2D eigenvalue weighted by Gasteiger charge is 2.34. The Labute approximate surface area is 173 Å². The monoisotopic (exact) mass is 438 g/mol. The molecule has 1 heterocycles. The summed E-state index contributed by atoms with van der Waals surface area (Å²) in [5, 5.41) is 4.02. The van der Waals surface area contributed by atoms with Gasteiger partial charge in [0.25, 0.3) is 0 Å². The second-order valence-electron chi connectivity index (χ2n) is 6.03. The normalized spacial score (nSPS) is 11.3. The quantitative estimate of drug-likeness (QED) is 0.548. The lowest BCUT2D eigenvalue weighted by molar-refractivity contribution is -0.137. The summed E-state index contributed by atoms with van der Waals surface area (Å²) in [5.74, 6) is -1.89. The molecule has 3 aromatic rings. The van der Waals surface area contributed by atoms with Gasteiger partial charge in [-0.1, -0.05) is 29.8 Å². The summed E-state index contributed by atoms with van der Waals surface area (Å²) in [5.41, 5.74) is -1.61. The van der Waals surface area contributed by atoms with Gasteiger partial charge in [-0.05, 0) is 30.3 Å². The molecule has 0 spiro atoms.